The molecule has 2 aromatic rings. The first kappa shape index (κ1) is 22.9. The number of oxime groups is 1. The number of ether oxygens (including phenoxy) is 1. The van der Waals surface area contributed by atoms with Crippen LogP contribution >= 0.6 is 0 Å². The third-order valence-corrected chi connectivity index (χ3v) is 3.84. The van der Waals surface area contributed by atoms with Gasteiger partial charge in [0, 0.05) is 11.1 Å². The number of amides is 1. The Morgan fingerprint density at radius 1 is 1.17 bits per heavy atom. The summed E-state index contributed by atoms with van der Waals surface area (Å²) in [6, 6.07) is 8.42. The van der Waals surface area contributed by atoms with Crippen molar-refractivity contribution in [1.29, 1.82) is 0 Å². The number of halogens is 5. The number of alkyl halides is 5. The summed E-state index contributed by atoms with van der Waals surface area (Å²) in [5, 5.41) is 3.73. The molecule has 0 aromatic heterocycles. The quantitative estimate of drug-likeness (QED) is 0.369. The molecule has 2 aromatic carbocycles. The zero-order chi connectivity index (χ0) is 22.3. The Balaban J connectivity index is 2.17. The Labute approximate surface area is 168 Å². The predicted octanol–water partition coefficient (Wildman–Crippen LogP) is 5.23. The molecule has 0 aliphatic heterocycles. The average Bonchev–Trinajstić information content (AvgIpc) is 2.71. The van der Waals surface area contributed by atoms with Crippen LogP contribution in [0.25, 0.3) is 0 Å². The van der Waals surface area contributed by atoms with E-state index in [1.54, 1.807) is 0 Å². The van der Waals surface area contributed by atoms with Gasteiger partial charge in [-0.05, 0) is 25.1 Å². The maximum absolute atomic E-state index is 13.1. The fraction of sp³-hybridized carbons (Fsp3) is 0.263. The van der Waals surface area contributed by atoms with Crippen LogP contribution in [-0.2, 0) is 22.4 Å². The number of benzene rings is 2. The summed E-state index contributed by atoms with van der Waals surface area (Å²) in [6.07, 6.45) is -8.43. The Kier molecular flexibility index (Phi) is 7.56. The minimum atomic E-state index is -4.54. The topological polar surface area (TPSA) is 69.2 Å². The van der Waals surface area contributed by atoms with E-state index in [4.69, 9.17) is 9.68 Å². The molecule has 1 amide bonds. The van der Waals surface area contributed by atoms with Crippen LogP contribution in [0.4, 0.5) is 26.7 Å². The van der Waals surface area contributed by atoms with Gasteiger partial charge in [0.25, 0.3) is 6.43 Å². The lowest BCUT2D eigenvalue weighted by Crippen LogP contribution is -2.27. The number of nitrogens with zero attached hydrogens (tertiary/aromatic N) is 1. The molecule has 0 spiro atoms. The van der Waals surface area contributed by atoms with E-state index in [9.17, 15) is 26.7 Å². The second-order valence-electron chi connectivity index (χ2n) is 5.85. The van der Waals surface area contributed by atoms with Gasteiger partial charge in [0.1, 0.15) is 6.61 Å². The van der Waals surface area contributed by atoms with E-state index in [0.29, 0.717) is 0 Å². The molecule has 1 N–H and O–H groups in total. The Morgan fingerprint density at radius 3 is 2.50 bits per heavy atom. The van der Waals surface area contributed by atoms with Gasteiger partial charge >= 0.3 is 12.3 Å². The van der Waals surface area contributed by atoms with Crippen LogP contribution in [0, 0.1) is 0 Å². The van der Waals surface area contributed by atoms with E-state index in [0.717, 1.165) is 19.2 Å². The summed E-state index contributed by atoms with van der Waals surface area (Å²) in [6.45, 7) is 1.01. The minimum Gasteiger partial charge on any atom is -0.451 e. The zero-order valence-corrected chi connectivity index (χ0v) is 15.8. The summed E-state index contributed by atoms with van der Waals surface area (Å²) in [5.41, 5.74) is 0.838. The number of hydrogen-bond acceptors (Lipinski definition) is 5. The monoisotopic (exact) mass is 432 g/mol. The first-order valence-electron chi connectivity index (χ1n) is 8.38. The second-order valence-corrected chi connectivity index (χ2v) is 5.85. The number of hydroxylamine groups is 1. The molecule has 162 valence electrons. The lowest BCUT2D eigenvalue weighted by molar-refractivity contribution is -0.138. The third kappa shape index (κ3) is 6.06. The number of methoxy groups -OCH3 is 1. The molecule has 11 heteroatoms. The summed E-state index contributed by atoms with van der Waals surface area (Å²) >= 11 is 0. The SMILES string of the molecule is COC(=O)NOc1cc(C(C)=NOCc2ccccc2C(F)(F)F)ccc1C(F)F. The number of rotatable bonds is 7. The molecule has 0 radical (unpaired) electrons. The number of carbonyl (C=O) groups is 1. The largest absolute Gasteiger partial charge is 0.451 e. The van der Waals surface area contributed by atoms with E-state index >= 15 is 0 Å². The number of nitrogens with one attached hydrogen (secondary N) is 1. The lowest BCUT2D eigenvalue weighted by atomic mass is 10.1. The van der Waals surface area contributed by atoms with Crippen LogP contribution in [-0.4, -0.2) is 18.9 Å². The highest BCUT2D eigenvalue weighted by Gasteiger charge is 2.33. The Hall–Kier alpha value is -3.37. The second kappa shape index (κ2) is 9.90. The van der Waals surface area contributed by atoms with Crippen molar-refractivity contribution >= 4 is 11.8 Å². The van der Waals surface area contributed by atoms with Gasteiger partial charge in [-0.2, -0.15) is 18.7 Å². The van der Waals surface area contributed by atoms with Crippen molar-refractivity contribution in [2.24, 2.45) is 5.16 Å². The van der Waals surface area contributed by atoms with E-state index in [2.05, 4.69) is 9.89 Å². The minimum absolute atomic E-state index is 0.110. The van der Waals surface area contributed by atoms with Crippen LogP contribution in [0.3, 0.4) is 0 Å². The molecule has 30 heavy (non-hydrogen) atoms. The van der Waals surface area contributed by atoms with Crippen molar-refractivity contribution in [1.82, 2.24) is 5.48 Å². The molecule has 0 unspecified atom stereocenters. The van der Waals surface area contributed by atoms with E-state index in [1.807, 2.05) is 5.48 Å². The molecule has 0 aliphatic rings. The molecule has 0 bridgehead atoms. The van der Waals surface area contributed by atoms with Crippen molar-refractivity contribution < 1.29 is 41.2 Å². The van der Waals surface area contributed by atoms with Gasteiger partial charge in [0.15, 0.2) is 5.75 Å². The third-order valence-electron chi connectivity index (χ3n) is 3.84. The highest BCUT2D eigenvalue weighted by atomic mass is 19.4. The molecule has 6 nitrogen and oxygen atoms in total. The molecule has 0 atom stereocenters. The van der Waals surface area contributed by atoms with Crippen molar-refractivity contribution in [2.45, 2.75) is 26.1 Å². The molecular formula is C19H17F5N2O4. The molecule has 0 fully saturated rings. The standard InChI is InChI=1S/C19H17F5N2O4/c1-11(25-29-10-13-5-3-4-6-15(13)19(22,23)24)12-7-8-14(17(20)21)16(9-12)30-26-18(27)28-2/h3-9,17H,10H2,1-2H3,(H,26,27). The summed E-state index contributed by atoms with van der Waals surface area (Å²) in [4.78, 5) is 20.9. The smallest absolute Gasteiger partial charge is 0.440 e. The van der Waals surface area contributed by atoms with Crippen molar-refractivity contribution in [3.05, 3.63) is 64.7 Å². The van der Waals surface area contributed by atoms with Crippen LogP contribution in [0.2, 0.25) is 0 Å². The zero-order valence-electron chi connectivity index (χ0n) is 15.8. The van der Waals surface area contributed by atoms with Crippen molar-refractivity contribution in [3.63, 3.8) is 0 Å². The van der Waals surface area contributed by atoms with Crippen LogP contribution in [0.15, 0.2) is 47.6 Å². The van der Waals surface area contributed by atoms with Gasteiger partial charge in [-0.3, -0.25) is 0 Å². The Bertz CT molecular complexity index is 916. The van der Waals surface area contributed by atoms with Crippen molar-refractivity contribution in [2.75, 3.05) is 7.11 Å². The summed E-state index contributed by atoms with van der Waals surface area (Å²) < 4.78 is 69.5. The number of carbonyl (C=O) groups excluding carboxylic acids is 1. The lowest BCUT2D eigenvalue weighted by Gasteiger charge is -2.13. The Morgan fingerprint density at radius 2 is 1.87 bits per heavy atom. The molecule has 0 aliphatic carbocycles. The maximum Gasteiger partial charge on any atom is 0.440 e. The van der Waals surface area contributed by atoms with Gasteiger partial charge < -0.3 is 14.4 Å². The van der Waals surface area contributed by atoms with E-state index in [1.165, 1.54) is 37.3 Å². The fourth-order valence-electron chi connectivity index (χ4n) is 2.34. The molecule has 2 rings (SSSR count). The maximum atomic E-state index is 13.1. The van der Waals surface area contributed by atoms with Gasteiger partial charge in [0.2, 0.25) is 0 Å². The van der Waals surface area contributed by atoms with Crippen molar-refractivity contribution in [3.8, 4) is 5.75 Å². The highest BCUT2D eigenvalue weighted by molar-refractivity contribution is 5.98. The highest BCUT2D eigenvalue weighted by Crippen LogP contribution is 2.32. The molecule has 0 heterocycles. The number of hydrogen-bond donors (Lipinski definition) is 1. The van der Waals surface area contributed by atoms with Gasteiger partial charge in [-0.1, -0.05) is 29.4 Å². The van der Waals surface area contributed by atoms with Crippen LogP contribution < -0.4 is 10.3 Å². The van der Waals surface area contributed by atoms with E-state index in [-0.39, 0.29) is 22.6 Å². The summed E-state index contributed by atoms with van der Waals surface area (Å²) in [5.74, 6) is -0.357. The summed E-state index contributed by atoms with van der Waals surface area (Å²) in [7, 11) is 1.06. The normalized spacial score (nSPS) is 11.9. The van der Waals surface area contributed by atoms with Crippen LogP contribution in [0.5, 0.6) is 5.75 Å². The molecule has 0 saturated heterocycles. The fourth-order valence-corrected chi connectivity index (χ4v) is 2.34. The van der Waals surface area contributed by atoms with Crippen LogP contribution in [0.1, 0.15) is 35.6 Å². The van der Waals surface area contributed by atoms with Gasteiger partial charge in [-0.25, -0.2) is 13.6 Å². The predicted molar refractivity (Wildman–Crippen MR) is 96.0 cm³/mol. The molecule has 0 saturated carbocycles. The first-order chi connectivity index (χ1) is 14.1. The van der Waals surface area contributed by atoms with Gasteiger partial charge in [0.05, 0.1) is 23.9 Å². The molecular weight excluding hydrogens is 415 g/mol. The van der Waals surface area contributed by atoms with E-state index < -0.39 is 36.4 Å². The average molecular weight is 432 g/mol. The van der Waals surface area contributed by atoms with Gasteiger partial charge in [-0.15, -0.1) is 0 Å². The first-order valence-corrected chi connectivity index (χ1v) is 8.38.